The van der Waals surface area contributed by atoms with Gasteiger partial charge in [0.25, 0.3) is 0 Å². The van der Waals surface area contributed by atoms with Gasteiger partial charge in [-0.15, -0.1) is 0 Å². The van der Waals surface area contributed by atoms with Gasteiger partial charge < -0.3 is 14.2 Å². The van der Waals surface area contributed by atoms with Crippen LogP contribution in [0.4, 0.5) is 0 Å². The van der Waals surface area contributed by atoms with E-state index in [1.54, 1.807) is 34.9 Å². The summed E-state index contributed by atoms with van der Waals surface area (Å²) in [4.78, 5) is 15.0. The summed E-state index contributed by atoms with van der Waals surface area (Å²) in [5.41, 5.74) is 1.42. The summed E-state index contributed by atoms with van der Waals surface area (Å²) >= 11 is 5.83. The maximum Gasteiger partial charge on any atom is 0.356 e. The van der Waals surface area contributed by atoms with Crippen molar-refractivity contribution in [3.8, 4) is 5.75 Å². The van der Waals surface area contributed by atoms with Crippen molar-refractivity contribution >= 4 is 23.2 Å². The molecule has 0 amide bonds. The Bertz CT molecular complexity index is 796. The Hall–Kier alpha value is -2.53. The summed E-state index contributed by atoms with van der Waals surface area (Å²) in [6.45, 7) is 0.353. The highest BCUT2D eigenvalue weighted by Gasteiger charge is 2.12. The van der Waals surface area contributed by atoms with Crippen molar-refractivity contribution in [2.75, 3.05) is 0 Å². The number of rotatable bonds is 4. The molecule has 0 saturated carbocycles. The molecular weight excluding hydrogens is 292 g/mol. The summed E-state index contributed by atoms with van der Waals surface area (Å²) in [7, 11) is 0. The van der Waals surface area contributed by atoms with E-state index in [0.717, 1.165) is 5.56 Å². The van der Waals surface area contributed by atoms with Crippen molar-refractivity contribution in [3.05, 3.63) is 65.1 Å². The van der Waals surface area contributed by atoms with Crippen LogP contribution in [0.2, 0.25) is 5.02 Å². The Labute approximate surface area is 125 Å². The molecule has 0 radical (unpaired) electrons. The standard InChI is InChI=1S/C15H11ClN2O3/c16-11-5-3-10(4-6-11)9-21-13-2-1-7-18-8-12(15(19)20)17-14(13)18/h1-8H,9H2,(H,19,20). The molecule has 0 aliphatic heterocycles. The smallest absolute Gasteiger partial charge is 0.356 e. The van der Waals surface area contributed by atoms with Crippen molar-refractivity contribution in [3.63, 3.8) is 0 Å². The lowest BCUT2D eigenvalue weighted by molar-refractivity contribution is 0.0691. The van der Waals surface area contributed by atoms with Crippen LogP contribution >= 0.6 is 11.6 Å². The molecule has 1 aromatic carbocycles. The monoisotopic (exact) mass is 302 g/mol. The lowest BCUT2D eigenvalue weighted by Crippen LogP contribution is -1.97. The number of aromatic nitrogens is 2. The first-order valence-corrected chi connectivity index (χ1v) is 6.59. The minimum absolute atomic E-state index is 0.0162. The van der Waals surface area contributed by atoms with Crippen molar-refractivity contribution < 1.29 is 14.6 Å². The van der Waals surface area contributed by atoms with Gasteiger partial charge in [-0.1, -0.05) is 23.7 Å². The molecule has 0 spiro atoms. The van der Waals surface area contributed by atoms with E-state index >= 15 is 0 Å². The van der Waals surface area contributed by atoms with Gasteiger partial charge in [0.05, 0.1) is 0 Å². The lowest BCUT2D eigenvalue weighted by atomic mass is 10.2. The molecule has 21 heavy (non-hydrogen) atoms. The topological polar surface area (TPSA) is 63.8 Å². The fourth-order valence-corrected chi connectivity index (χ4v) is 2.07. The summed E-state index contributed by atoms with van der Waals surface area (Å²) < 4.78 is 7.34. The first-order valence-electron chi connectivity index (χ1n) is 6.22. The zero-order valence-electron chi connectivity index (χ0n) is 10.9. The summed E-state index contributed by atoms with van der Waals surface area (Å²) in [6.07, 6.45) is 3.18. The number of halogens is 1. The van der Waals surface area contributed by atoms with Crippen LogP contribution < -0.4 is 4.74 Å². The predicted octanol–water partition coefficient (Wildman–Crippen LogP) is 3.26. The molecule has 5 nitrogen and oxygen atoms in total. The average molecular weight is 303 g/mol. The first kappa shape index (κ1) is 13.5. The van der Waals surface area contributed by atoms with E-state index in [1.807, 2.05) is 12.1 Å². The van der Waals surface area contributed by atoms with Crippen LogP contribution in [-0.4, -0.2) is 20.5 Å². The number of carboxylic acid groups (broad SMARTS) is 1. The van der Waals surface area contributed by atoms with E-state index < -0.39 is 5.97 Å². The minimum Gasteiger partial charge on any atom is -0.485 e. The van der Waals surface area contributed by atoms with Crippen LogP contribution in [0.25, 0.3) is 5.65 Å². The molecular formula is C15H11ClN2O3. The molecule has 0 bridgehead atoms. The molecule has 3 rings (SSSR count). The van der Waals surface area contributed by atoms with Crippen LogP contribution in [0.5, 0.6) is 5.75 Å². The molecule has 0 fully saturated rings. The van der Waals surface area contributed by atoms with Gasteiger partial charge in [-0.2, -0.15) is 0 Å². The lowest BCUT2D eigenvalue weighted by Gasteiger charge is -2.07. The Morgan fingerprint density at radius 1 is 1.29 bits per heavy atom. The van der Waals surface area contributed by atoms with Crippen LogP contribution in [0.15, 0.2) is 48.8 Å². The highest BCUT2D eigenvalue weighted by Crippen LogP contribution is 2.20. The van der Waals surface area contributed by atoms with Crippen LogP contribution in [0, 0.1) is 0 Å². The van der Waals surface area contributed by atoms with E-state index in [9.17, 15) is 4.79 Å². The molecule has 106 valence electrons. The molecule has 0 aliphatic rings. The molecule has 6 heteroatoms. The van der Waals surface area contributed by atoms with E-state index in [-0.39, 0.29) is 5.69 Å². The number of benzene rings is 1. The van der Waals surface area contributed by atoms with Gasteiger partial charge in [0.15, 0.2) is 17.1 Å². The molecule has 0 atom stereocenters. The Morgan fingerprint density at radius 3 is 2.76 bits per heavy atom. The van der Waals surface area contributed by atoms with Crippen molar-refractivity contribution in [2.24, 2.45) is 0 Å². The second-order valence-electron chi connectivity index (χ2n) is 4.45. The fourth-order valence-electron chi connectivity index (χ4n) is 1.94. The second-order valence-corrected chi connectivity index (χ2v) is 4.89. The third-order valence-corrected chi connectivity index (χ3v) is 3.23. The Morgan fingerprint density at radius 2 is 2.05 bits per heavy atom. The number of ether oxygens (including phenoxy) is 1. The third-order valence-electron chi connectivity index (χ3n) is 2.97. The summed E-state index contributed by atoms with van der Waals surface area (Å²) in [5, 5.41) is 9.65. The predicted molar refractivity (Wildman–Crippen MR) is 77.9 cm³/mol. The van der Waals surface area contributed by atoms with E-state index in [2.05, 4.69) is 4.98 Å². The van der Waals surface area contributed by atoms with Gasteiger partial charge >= 0.3 is 5.97 Å². The Balaban J connectivity index is 1.86. The second kappa shape index (κ2) is 5.46. The maximum atomic E-state index is 11.0. The number of hydrogen-bond donors (Lipinski definition) is 1. The number of hydrogen-bond acceptors (Lipinski definition) is 3. The molecule has 3 aromatic rings. The van der Waals surface area contributed by atoms with E-state index in [1.165, 1.54) is 6.20 Å². The van der Waals surface area contributed by atoms with Gasteiger partial charge in [0.1, 0.15) is 6.61 Å². The highest BCUT2D eigenvalue weighted by molar-refractivity contribution is 6.30. The van der Waals surface area contributed by atoms with Crippen molar-refractivity contribution in [1.82, 2.24) is 9.38 Å². The van der Waals surface area contributed by atoms with Gasteiger partial charge in [-0.05, 0) is 29.8 Å². The fraction of sp³-hybridized carbons (Fsp3) is 0.0667. The number of imidazole rings is 1. The van der Waals surface area contributed by atoms with E-state index in [0.29, 0.717) is 23.0 Å². The van der Waals surface area contributed by atoms with Crippen molar-refractivity contribution in [2.45, 2.75) is 6.61 Å². The number of carboxylic acids is 1. The number of fused-ring (bicyclic) bond motifs is 1. The molecule has 0 unspecified atom stereocenters. The molecule has 1 N–H and O–H groups in total. The molecule has 0 saturated heterocycles. The average Bonchev–Trinajstić information content (AvgIpc) is 2.91. The summed E-state index contributed by atoms with van der Waals surface area (Å²) in [5.74, 6) is -0.540. The third kappa shape index (κ3) is 2.83. The zero-order chi connectivity index (χ0) is 14.8. The van der Waals surface area contributed by atoms with Gasteiger partial charge in [0.2, 0.25) is 0 Å². The quantitative estimate of drug-likeness (QED) is 0.803. The van der Waals surface area contributed by atoms with Gasteiger partial charge in [-0.3, -0.25) is 0 Å². The number of aromatic carboxylic acids is 1. The molecule has 2 aromatic heterocycles. The van der Waals surface area contributed by atoms with Gasteiger partial charge in [-0.25, -0.2) is 9.78 Å². The largest absolute Gasteiger partial charge is 0.485 e. The number of nitrogens with zero attached hydrogens (tertiary/aromatic N) is 2. The first-order chi connectivity index (χ1) is 10.1. The zero-order valence-corrected chi connectivity index (χ0v) is 11.6. The van der Waals surface area contributed by atoms with Crippen LogP contribution in [-0.2, 0) is 6.61 Å². The minimum atomic E-state index is -1.07. The SMILES string of the molecule is O=C(O)c1cn2cccc(OCc3ccc(Cl)cc3)c2n1. The maximum absolute atomic E-state index is 11.0. The molecule has 0 aliphatic carbocycles. The van der Waals surface area contributed by atoms with Crippen molar-refractivity contribution in [1.29, 1.82) is 0 Å². The highest BCUT2D eigenvalue weighted by atomic mass is 35.5. The molecule has 2 heterocycles. The van der Waals surface area contributed by atoms with Crippen LogP contribution in [0.3, 0.4) is 0 Å². The normalized spacial score (nSPS) is 10.7. The number of pyridine rings is 1. The van der Waals surface area contributed by atoms with Gasteiger partial charge in [0, 0.05) is 17.4 Å². The van der Waals surface area contributed by atoms with E-state index in [4.69, 9.17) is 21.4 Å². The summed E-state index contributed by atoms with van der Waals surface area (Å²) in [6, 6.07) is 10.9. The Kier molecular flexibility index (Phi) is 3.50. The number of carbonyl (C=O) groups is 1. The van der Waals surface area contributed by atoms with Crippen LogP contribution in [0.1, 0.15) is 16.1 Å².